The number of para-hydroxylation sites is 1. The van der Waals surface area contributed by atoms with Crippen LogP contribution in [0.15, 0.2) is 54.0 Å². The van der Waals surface area contributed by atoms with Crippen LogP contribution in [0.1, 0.15) is 24.5 Å². The van der Waals surface area contributed by atoms with Crippen molar-refractivity contribution in [2.24, 2.45) is 0 Å². The molecule has 0 radical (unpaired) electrons. The van der Waals surface area contributed by atoms with Gasteiger partial charge in [0.05, 0.1) is 23.5 Å². The van der Waals surface area contributed by atoms with Crippen LogP contribution in [0.5, 0.6) is 0 Å². The van der Waals surface area contributed by atoms with Crippen molar-refractivity contribution in [2.75, 3.05) is 24.6 Å². The summed E-state index contributed by atoms with van der Waals surface area (Å²) in [6, 6.07) is 14.5. The minimum Gasteiger partial charge on any atom is -0.394 e. The summed E-state index contributed by atoms with van der Waals surface area (Å²) < 4.78 is 1.94. The second kappa shape index (κ2) is 7.93. The van der Waals surface area contributed by atoms with Gasteiger partial charge in [-0.25, -0.2) is 9.97 Å². The Kier molecular flexibility index (Phi) is 4.99. The molecule has 148 valence electrons. The average molecular weight is 406 g/mol. The highest BCUT2D eigenvalue weighted by molar-refractivity contribution is 7.13. The van der Waals surface area contributed by atoms with E-state index in [2.05, 4.69) is 45.7 Å². The van der Waals surface area contributed by atoms with E-state index in [0.717, 1.165) is 53.4 Å². The standard InChI is InChI=1S/C22H23N5OS/c28-14-13-27-19(7-10-23-27)16-8-11-26(12-9-16)22-17-4-1-2-5-18(17)24-21(25-22)20-6-3-15-29-20/h1-7,10,15-16,28H,8-9,11-14H2. The van der Waals surface area contributed by atoms with Gasteiger partial charge in [-0.15, -0.1) is 11.3 Å². The molecule has 1 aliphatic rings. The third kappa shape index (κ3) is 3.52. The van der Waals surface area contributed by atoms with E-state index >= 15 is 0 Å². The number of fused-ring (bicyclic) bond motifs is 1. The SMILES string of the molecule is OCCn1nccc1C1CCN(c2nc(-c3cccs3)nc3ccccc23)CC1. The van der Waals surface area contributed by atoms with E-state index in [1.165, 1.54) is 5.69 Å². The monoisotopic (exact) mass is 405 g/mol. The normalized spacial score (nSPS) is 15.3. The lowest BCUT2D eigenvalue weighted by molar-refractivity contribution is 0.265. The van der Waals surface area contributed by atoms with Gasteiger partial charge in [-0.3, -0.25) is 4.68 Å². The average Bonchev–Trinajstić information content (AvgIpc) is 3.46. The largest absolute Gasteiger partial charge is 0.394 e. The highest BCUT2D eigenvalue weighted by atomic mass is 32.1. The molecule has 1 N–H and O–H groups in total. The molecule has 7 heteroatoms. The summed E-state index contributed by atoms with van der Waals surface area (Å²) in [6.45, 7) is 2.56. The Morgan fingerprint density at radius 3 is 2.69 bits per heavy atom. The predicted molar refractivity (Wildman–Crippen MR) is 116 cm³/mol. The third-order valence-corrected chi connectivity index (χ3v) is 6.46. The van der Waals surface area contributed by atoms with Gasteiger partial charge in [0, 0.05) is 36.3 Å². The van der Waals surface area contributed by atoms with Crippen LogP contribution in [0.3, 0.4) is 0 Å². The van der Waals surface area contributed by atoms with Gasteiger partial charge in [0.25, 0.3) is 0 Å². The minimum atomic E-state index is 0.117. The number of piperidine rings is 1. The molecule has 3 aromatic heterocycles. The van der Waals surface area contributed by atoms with Crippen molar-refractivity contribution >= 4 is 28.1 Å². The second-order valence-electron chi connectivity index (χ2n) is 7.33. The Balaban J connectivity index is 1.44. The van der Waals surface area contributed by atoms with Crippen molar-refractivity contribution in [3.05, 3.63) is 59.7 Å². The Labute approximate surface area is 173 Å². The number of aromatic nitrogens is 4. The van der Waals surface area contributed by atoms with Crippen LogP contribution in [0.25, 0.3) is 21.6 Å². The summed E-state index contributed by atoms with van der Waals surface area (Å²) in [4.78, 5) is 13.3. The molecule has 0 spiro atoms. The van der Waals surface area contributed by atoms with Crippen molar-refractivity contribution in [3.63, 3.8) is 0 Å². The van der Waals surface area contributed by atoms with E-state index in [1.54, 1.807) is 11.3 Å². The maximum atomic E-state index is 9.27. The molecule has 1 aliphatic heterocycles. The van der Waals surface area contributed by atoms with E-state index in [4.69, 9.17) is 9.97 Å². The molecule has 0 bridgehead atoms. The van der Waals surface area contributed by atoms with Crippen LogP contribution >= 0.6 is 11.3 Å². The van der Waals surface area contributed by atoms with Gasteiger partial charge < -0.3 is 10.0 Å². The van der Waals surface area contributed by atoms with E-state index < -0.39 is 0 Å². The first-order valence-electron chi connectivity index (χ1n) is 10.0. The first-order chi connectivity index (χ1) is 14.3. The summed E-state index contributed by atoms with van der Waals surface area (Å²) in [5.41, 5.74) is 2.22. The Bertz CT molecular complexity index is 1100. The molecular weight excluding hydrogens is 382 g/mol. The molecule has 1 saturated heterocycles. The van der Waals surface area contributed by atoms with Gasteiger partial charge in [-0.1, -0.05) is 18.2 Å². The number of thiophene rings is 1. The highest BCUT2D eigenvalue weighted by Gasteiger charge is 2.25. The number of aliphatic hydroxyl groups is 1. The van der Waals surface area contributed by atoms with Crippen LogP contribution < -0.4 is 4.90 Å². The van der Waals surface area contributed by atoms with Crippen molar-refractivity contribution in [1.29, 1.82) is 0 Å². The topological polar surface area (TPSA) is 67.1 Å². The van der Waals surface area contributed by atoms with Gasteiger partial charge in [0.2, 0.25) is 0 Å². The smallest absolute Gasteiger partial charge is 0.172 e. The van der Waals surface area contributed by atoms with Crippen LogP contribution in [0.2, 0.25) is 0 Å². The maximum absolute atomic E-state index is 9.27. The van der Waals surface area contributed by atoms with Crippen molar-refractivity contribution in [1.82, 2.24) is 19.7 Å². The molecule has 4 aromatic rings. The molecule has 6 nitrogen and oxygen atoms in total. The number of rotatable bonds is 5. The molecule has 1 aromatic carbocycles. The third-order valence-electron chi connectivity index (χ3n) is 5.60. The maximum Gasteiger partial charge on any atom is 0.172 e. The Morgan fingerprint density at radius 1 is 1.03 bits per heavy atom. The Hall–Kier alpha value is -2.77. The number of hydrogen-bond acceptors (Lipinski definition) is 6. The first-order valence-corrected chi connectivity index (χ1v) is 10.9. The van der Waals surface area contributed by atoms with Crippen LogP contribution in [-0.2, 0) is 6.54 Å². The molecule has 0 amide bonds. The summed E-state index contributed by atoms with van der Waals surface area (Å²) in [5.74, 6) is 2.29. The summed E-state index contributed by atoms with van der Waals surface area (Å²) in [5, 5.41) is 16.8. The van der Waals surface area contributed by atoms with Gasteiger partial charge in [-0.2, -0.15) is 5.10 Å². The molecule has 0 saturated carbocycles. The molecule has 5 rings (SSSR count). The van der Waals surface area contributed by atoms with Crippen molar-refractivity contribution in [2.45, 2.75) is 25.3 Å². The lowest BCUT2D eigenvalue weighted by Crippen LogP contribution is -2.34. The second-order valence-corrected chi connectivity index (χ2v) is 8.28. The lowest BCUT2D eigenvalue weighted by Gasteiger charge is -2.33. The molecule has 0 unspecified atom stereocenters. The van der Waals surface area contributed by atoms with Gasteiger partial charge >= 0.3 is 0 Å². The zero-order valence-corrected chi connectivity index (χ0v) is 16.9. The molecule has 29 heavy (non-hydrogen) atoms. The van der Waals surface area contributed by atoms with Gasteiger partial charge in [0.1, 0.15) is 5.82 Å². The number of hydrogen-bond donors (Lipinski definition) is 1. The van der Waals surface area contributed by atoms with E-state index in [9.17, 15) is 5.11 Å². The number of aliphatic hydroxyl groups excluding tert-OH is 1. The lowest BCUT2D eigenvalue weighted by atomic mass is 9.93. The Morgan fingerprint density at radius 2 is 1.90 bits per heavy atom. The number of benzene rings is 1. The predicted octanol–water partition coefficient (Wildman–Crippen LogP) is 3.93. The van der Waals surface area contributed by atoms with Crippen molar-refractivity contribution < 1.29 is 5.11 Å². The fraction of sp³-hybridized carbons (Fsp3) is 0.318. The van der Waals surface area contributed by atoms with E-state index in [0.29, 0.717) is 12.5 Å². The van der Waals surface area contributed by atoms with Gasteiger partial charge in [-0.05, 0) is 42.5 Å². The molecule has 4 heterocycles. The molecular formula is C22H23N5OS. The summed E-state index contributed by atoms with van der Waals surface area (Å²) in [7, 11) is 0. The number of anilines is 1. The van der Waals surface area contributed by atoms with Crippen LogP contribution in [0.4, 0.5) is 5.82 Å². The zero-order chi connectivity index (χ0) is 19.6. The van der Waals surface area contributed by atoms with Crippen molar-refractivity contribution in [3.8, 4) is 10.7 Å². The van der Waals surface area contributed by atoms with Crippen LogP contribution in [0, 0.1) is 0 Å². The van der Waals surface area contributed by atoms with E-state index in [1.807, 2.05) is 23.0 Å². The number of nitrogens with zero attached hydrogens (tertiary/aromatic N) is 5. The zero-order valence-electron chi connectivity index (χ0n) is 16.1. The molecule has 0 aliphatic carbocycles. The fourth-order valence-corrected chi connectivity index (χ4v) is 4.83. The molecule has 1 fully saturated rings. The fourth-order valence-electron chi connectivity index (χ4n) is 4.18. The first kappa shape index (κ1) is 18.3. The highest BCUT2D eigenvalue weighted by Crippen LogP contribution is 2.34. The summed E-state index contributed by atoms with van der Waals surface area (Å²) in [6.07, 6.45) is 3.93. The van der Waals surface area contributed by atoms with Crippen LogP contribution in [-0.4, -0.2) is 44.6 Å². The quantitative estimate of drug-likeness (QED) is 0.545. The van der Waals surface area contributed by atoms with E-state index in [-0.39, 0.29) is 6.61 Å². The molecule has 0 atom stereocenters. The van der Waals surface area contributed by atoms with Gasteiger partial charge in [0.15, 0.2) is 5.82 Å². The minimum absolute atomic E-state index is 0.117. The summed E-state index contributed by atoms with van der Waals surface area (Å²) >= 11 is 1.67.